The first-order chi connectivity index (χ1) is 9.61. The van der Waals surface area contributed by atoms with Crippen LogP contribution in [0.2, 0.25) is 0 Å². The fourth-order valence-electron chi connectivity index (χ4n) is 1.94. The van der Waals surface area contributed by atoms with Crippen LogP contribution in [-0.2, 0) is 15.3 Å². The third kappa shape index (κ3) is 4.22. The number of rotatable bonds is 6. The van der Waals surface area contributed by atoms with E-state index in [-0.39, 0.29) is 6.16 Å². The maximum absolute atomic E-state index is 12.8. The molecule has 0 amide bonds. The van der Waals surface area contributed by atoms with Gasteiger partial charge in [0.2, 0.25) is 0 Å². The molecular weight excluding hydrogens is 271 g/mol. The number of benzene rings is 2. The van der Waals surface area contributed by atoms with Crippen molar-refractivity contribution >= 4 is 7.60 Å². The van der Waals surface area contributed by atoms with Gasteiger partial charge in [0.05, 0.1) is 12.8 Å². The van der Waals surface area contributed by atoms with Crippen molar-refractivity contribution in [1.29, 1.82) is 0 Å². The lowest BCUT2D eigenvalue weighted by atomic mass is 10.2. The Hall–Kier alpha value is -1.57. The summed E-state index contributed by atoms with van der Waals surface area (Å²) in [4.78, 5) is 0. The smallest absolute Gasteiger partial charge is 0.383 e. The van der Waals surface area contributed by atoms with Crippen LogP contribution >= 0.6 is 7.60 Å². The molecule has 3 nitrogen and oxygen atoms in total. The van der Waals surface area contributed by atoms with E-state index in [0.29, 0.717) is 12.4 Å². The van der Waals surface area contributed by atoms with Gasteiger partial charge in [0.1, 0.15) is 5.75 Å². The summed E-state index contributed by atoms with van der Waals surface area (Å²) in [6.07, 6.45) is 0.273. The van der Waals surface area contributed by atoms with Crippen LogP contribution in [0.15, 0.2) is 54.6 Å². The quantitative estimate of drug-likeness (QED) is 0.717. The number of hydrogen-bond donors (Lipinski definition) is 0. The van der Waals surface area contributed by atoms with Gasteiger partial charge in [-0.25, -0.2) is 4.57 Å². The van der Waals surface area contributed by atoms with Crippen molar-refractivity contribution in [2.75, 3.05) is 6.61 Å². The van der Waals surface area contributed by atoms with Gasteiger partial charge in [-0.05, 0) is 37.1 Å². The Labute approximate surface area is 120 Å². The van der Waals surface area contributed by atoms with Crippen molar-refractivity contribution in [2.45, 2.75) is 20.0 Å². The molecule has 0 heterocycles. The minimum absolute atomic E-state index is 0.273. The van der Waals surface area contributed by atoms with E-state index in [1.165, 1.54) is 0 Å². The molecule has 0 aromatic heterocycles. The lowest BCUT2D eigenvalue weighted by Gasteiger charge is -2.19. The Bertz CT molecular complexity index is 596. The fraction of sp³-hybridized carbons (Fsp3) is 0.250. The maximum Gasteiger partial charge on any atom is 0.383 e. The molecule has 0 N–H and O–H groups in total. The maximum atomic E-state index is 12.8. The van der Waals surface area contributed by atoms with Gasteiger partial charge < -0.3 is 4.52 Å². The van der Waals surface area contributed by atoms with Crippen LogP contribution in [0.1, 0.15) is 18.1 Å². The van der Waals surface area contributed by atoms with Crippen LogP contribution in [0, 0.1) is 6.92 Å². The molecule has 4 heteroatoms. The highest BCUT2D eigenvalue weighted by atomic mass is 31.2. The normalized spacial score (nSPS) is 13.7. The number of hydrogen-bond acceptors (Lipinski definition) is 3. The van der Waals surface area contributed by atoms with Gasteiger partial charge in [0.25, 0.3) is 0 Å². The highest BCUT2D eigenvalue weighted by molar-refractivity contribution is 7.53. The predicted molar refractivity (Wildman–Crippen MR) is 81.2 cm³/mol. The van der Waals surface area contributed by atoms with Crippen molar-refractivity contribution in [3.8, 4) is 5.75 Å². The molecule has 0 fully saturated rings. The molecule has 1 atom stereocenters. The summed E-state index contributed by atoms with van der Waals surface area (Å²) in [5.74, 6) is 0.581. The molecule has 0 bridgehead atoms. The van der Waals surface area contributed by atoms with Crippen LogP contribution in [0.4, 0.5) is 0 Å². The molecule has 0 aliphatic carbocycles. The largest absolute Gasteiger partial charge is 0.424 e. The van der Waals surface area contributed by atoms with Gasteiger partial charge in [0.15, 0.2) is 0 Å². The average Bonchev–Trinajstić information content (AvgIpc) is 2.39. The van der Waals surface area contributed by atoms with Crippen molar-refractivity contribution in [3.05, 3.63) is 65.7 Å². The molecule has 0 radical (unpaired) electrons. The Morgan fingerprint density at radius 3 is 2.45 bits per heavy atom. The first kappa shape index (κ1) is 14.8. The van der Waals surface area contributed by atoms with Crippen molar-refractivity contribution < 1.29 is 13.6 Å². The van der Waals surface area contributed by atoms with Crippen LogP contribution < -0.4 is 4.52 Å². The Kier molecular flexibility index (Phi) is 4.99. The Morgan fingerprint density at radius 1 is 1.05 bits per heavy atom. The van der Waals surface area contributed by atoms with Crippen molar-refractivity contribution in [2.24, 2.45) is 0 Å². The first-order valence-electron chi connectivity index (χ1n) is 6.65. The first-order valence-corrected chi connectivity index (χ1v) is 8.38. The van der Waals surface area contributed by atoms with Crippen LogP contribution in [-0.4, -0.2) is 6.61 Å². The van der Waals surface area contributed by atoms with Gasteiger partial charge in [0, 0.05) is 0 Å². The zero-order chi connectivity index (χ0) is 14.4. The highest BCUT2D eigenvalue weighted by Crippen LogP contribution is 2.51. The third-order valence-corrected chi connectivity index (χ3v) is 4.67. The van der Waals surface area contributed by atoms with E-state index in [9.17, 15) is 4.57 Å². The second-order valence-electron chi connectivity index (χ2n) is 4.58. The van der Waals surface area contributed by atoms with Crippen molar-refractivity contribution in [3.63, 3.8) is 0 Å². The van der Waals surface area contributed by atoms with E-state index in [1.54, 1.807) is 6.07 Å². The minimum atomic E-state index is -3.18. The zero-order valence-corrected chi connectivity index (χ0v) is 12.7. The van der Waals surface area contributed by atoms with Gasteiger partial charge in [-0.2, -0.15) is 0 Å². The summed E-state index contributed by atoms with van der Waals surface area (Å²) in [6, 6.07) is 17.1. The van der Waals surface area contributed by atoms with E-state index in [4.69, 9.17) is 9.05 Å². The molecular formula is C16H19O3P. The predicted octanol–water partition coefficient (Wildman–Crippen LogP) is 4.80. The SMILES string of the molecule is CCOP(=O)(Cc1ccccc1)Oc1cccc(C)c1. The molecule has 0 spiro atoms. The summed E-state index contributed by atoms with van der Waals surface area (Å²) >= 11 is 0. The lowest BCUT2D eigenvalue weighted by Crippen LogP contribution is -2.01. The van der Waals surface area contributed by atoms with Gasteiger partial charge >= 0.3 is 7.60 Å². The Morgan fingerprint density at radius 2 is 1.80 bits per heavy atom. The standard InChI is InChI=1S/C16H19O3P/c1-3-18-20(17,13-15-9-5-4-6-10-15)19-16-11-7-8-14(2)12-16/h4-12H,3,13H2,1-2H3. The summed E-state index contributed by atoms with van der Waals surface area (Å²) < 4.78 is 23.9. The molecule has 106 valence electrons. The molecule has 20 heavy (non-hydrogen) atoms. The second kappa shape index (κ2) is 6.74. The highest BCUT2D eigenvalue weighted by Gasteiger charge is 2.26. The molecule has 2 aromatic rings. The van der Waals surface area contributed by atoms with Gasteiger partial charge in [-0.3, -0.25) is 4.52 Å². The van der Waals surface area contributed by atoms with Gasteiger partial charge in [-0.1, -0.05) is 42.5 Å². The van der Waals surface area contributed by atoms with E-state index >= 15 is 0 Å². The van der Waals surface area contributed by atoms with Crippen LogP contribution in [0.25, 0.3) is 0 Å². The third-order valence-electron chi connectivity index (χ3n) is 2.78. The van der Waals surface area contributed by atoms with E-state index < -0.39 is 7.60 Å². The summed E-state index contributed by atoms with van der Waals surface area (Å²) in [7, 11) is -3.18. The molecule has 0 saturated heterocycles. The molecule has 0 aliphatic rings. The molecule has 2 aromatic carbocycles. The van der Waals surface area contributed by atoms with Crippen molar-refractivity contribution in [1.82, 2.24) is 0 Å². The average molecular weight is 290 g/mol. The topological polar surface area (TPSA) is 35.5 Å². The molecule has 0 saturated carbocycles. The van der Waals surface area contributed by atoms with Crippen LogP contribution in [0.5, 0.6) is 5.75 Å². The fourth-order valence-corrected chi connectivity index (χ4v) is 3.64. The summed E-state index contributed by atoms with van der Waals surface area (Å²) in [5, 5.41) is 0. The summed E-state index contributed by atoms with van der Waals surface area (Å²) in [6.45, 7) is 4.14. The lowest BCUT2D eigenvalue weighted by molar-refractivity contribution is 0.278. The van der Waals surface area contributed by atoms with Gasteiger partial charge in [-0.15, -0.1) is 0 Å². The zero-order valence-electron chi connectivity index (χ0n) is 11.8. The minimum Gasteiger partial charge on any atom is -0.424 e. The number of aryl methyl sites for hydroxylation is 1. The monoisotopic (exact) mass is 290 g/mol. The Balaban J connectivity index is 2.19. The molecule has 0 aliphatic heterocycles. The van der Waals surface area contributed by atoms with E-state index in [1.807, 2.05) is 62.4 Å². The van der Waals surface area contributed by atoms with Crippen LogP contribution in [0.3, 0.4) is 0 Å². The van der Waals surface area contributed by atoms with E-state index in [0.717, 1.165) is 11.1 Å². The second-order valence-corrected chi connectivity index (χ2v) is 6.56. The molecule has 2 rings (SSSR count). The summed E-state index contributed by atoms with van der Waals surface area (Å²) in [5.41, 5.74) is 2.00. The molecule has 1 unspecified atom stereocenters. The van der Waals surface area contributed by atoms with E-state index in [2.05, 4.69) is 0 Å².